The average Bonchev–Trinajstić information content (AvgIpc) is 3.22. The topological polar surface area (TPSA) is 46.3 Å². The highest BCUT2D eigenvalue weighted by Crippen LogP contribution is 2.35. The second-order valence-electron chi connectivity index (χ2n) is 6.54. The summed E-state index contributed by atoms with van der Waals surface area (Å²) < 4.78 is 44.0. The molecule has 0 spiro atoms. The first-order valence-electron chi connectivity index (χ1n) is 8.22. The van der Waals surface area contributed by atoms with Crippen LogP contribution in [0.4, 0.5) is 13.2 Å². The molecule has 0 radical (unpaired) electrons. The lowest BCUT2D eigenvalue weighted by Gasteiger charge is -2.23. The van der Waals surface area contributed by atoms with Crippen LogP contribution < -0.4 is 0 Å². The summed E-state index contributed by atoms with van der Waals surface area (Å²) in [6.07, 6.45) is -3.00. The van der Waals surface area contributed by atoms with E-state index in [9.17, 15) is 18.0 Å². The number of amides is 1. The number of hydrogen-bond acceptors (Lipinski definition) is 3. The van der Waals surface area contributed by atoms with Crippen LogP contribution in [0.2, 0.25) is 0 Å². The van der Waals surface area contributed by atoms with Gasteiger partial charge in [-0.3, -0.25) is 4.79 Å². The minimum Gasteiger partial charge on any atom is -0.359 e. The number of halogens is 3. The van der Waals surface area contributed by atoms with Crippen molar-refractivity contribution in [2.24, 2.45) is 0 Å². The molecule has 4 nitrogen and oxygen atoms in total. The Kier molecular flexibility index (Phi) is 4.58. The van der Waals surface area contributed by atoms with Gasteiger partial charge in [0.15, 0.2) is 5.76 Å². The maximum Gasteiger partial charge on any atom is 0.416 e. The van der Waals surface area contributed by atoms with E-state index < -0.39 is 17.6 Å². The quantitative estimate of drug-likeness (QED) is 0.797. The number of aromatic nitrogens is 1. The molecule has 1 aromatic carbocycles. The summed E-state index contributed by atoms with van der Waals surface area (Å²) in [5, 5.41) is 4.01. The summed E-state index contributed by atoms with van der Waals surface area (Å²) in [4.78, 5) is 14.3. The van der Waals surface area contributed by atoms with Crippen molar-refractivity contribution < 1.29 is 22.5 Å². The van der Waals surface area contributed by atoms with Gasteiger partial charge >= 0.3 is 6.18 Å². The normalized spacial score (nSPS) is 18.2. The number of benzene rings is 1. The molecule has 134 valence electrons. The molecule has 1 saturated heterocycles. The van der Waals surface area contributed by atoms with Gasteiger partial charge in [0.05, 0.1) is 17.3 Å². The summed E-state index contributed by atoms with van der Waals surface area (Å²) >= 11 is 0. The molecule has 0 bridgehead atoms. The molecule has 3 rings (SSSR count). The highest BCUT2D eigenvalue weighted by molar-refractivity contribution is 5.94. The third kappa shape index (κ3) is 3.55. The summed E-state index contributed by atoms with van der Waals surface area (Å²) in [7, 11) is 0. The Morgan fingerprint density at radius 2 is 2.08 bits per heavy atom. The number of hydrogen-bond donors (Lipinski definition) is 0. The van der Waals surface area contributed by atoms with Gasteiger partial charge in [-0.25, -0.2) is 0 Å². The van der Waals surface area contributed by atoms with Gasteiger partial charge < -0.3 is 9.42 Å². The molecule has 1 amide bonds. The fourth-order valence-electron chi connectivity index (χ4n) is 3.03. The molecule has 25 heavy (non-hydrogen) atoms. The van der Waals surface area contributed by atoms with E-state index in [1.807, 2.05) is 19.9 Å². The summed E-state index contributed by atoms with van der Waals surface area (Å²) in [5.41, 5.74) is 0.00884. The Balaban J connectivity index is 1.86. The van der Waals surface area contributed by atoms with Gasteiger partial charge in [-0.1, -0.05) is 25.1 Å². The summed E-state index contributed by atoms with van der Waals surface area (Å²) in [6.45, 7) is 4.46. The lowest BCUT2D eigenvalue weighted by Crippen LogP contribution is -2.30. The monoisotopic (exact) mass is 352 g/mol. The van der Waals surface area contributed by atoms with E-state index in [2.05, 4.69) is 5.16 Å². The summed E-state index contributed by atoms with van der Waals surface area (Å²) in [6, 6.07) is 6.07. The predicted molar refractivity (Wildman–Crippen MR) is 85.0 cm³/mol. The number of nitrogens with zero attached hydrogens (tertiary/aromatic N) is 2. The van der Waals surface area contributed by atoms with Crippen LogP contribution in [0.15, 0.2) is 34.9 Å². The lowest BCUT2D eigenvalue weighted by molar-refractivity contribution is -0.137. The molecule has 1 fully saturated rings. The van der Waals surface area contributed by atoms with Gasteiger partial charge in [-0.05, 0) is 37.0 Å². The van der Waals surface area contributed by atoms with Crippen molar-refractivity contribution >= 4 is 5.91 Å². The molecule has 0 N–H and O–H groups in total. The fourth-order valence-corrected chi connectivity index (χ4v) is 3.03. The van der Waals surface area contributed by atoms with Crippen LogP contribution in [-0.4, -0.2) is 22.5 Å². The highest BCUT2D eigenvalue weighted by atomic mass is 19.4. The molecular formula is C18H19F3N2O2. The molecule has 2 aromatic rings. The molecule has 1 atom stereocenters. The maximum atomic E-state index is 12.9. The van der Waals surface area contributed by atoms with Crippen molar-refractivity contribution in [2.45, 2.75) is 44.8 Å². The van der Waals surface area contributed by atoms with Crippen LogP contribution >= 0.6 is 0 Å². The zero-order valence-electron chi connectivity index (χ0n) is 14.0. The first-order valence-corrected chi connectivity index (χ1v) is 8.22. The van der Waals surface area contributed by atoms with Crippen LogP contribution in [0.5, 0.6) is 0 Å². The van der Waals surface area contributed by atoms with Gasteiger partial charge in [-0.15, -0.1) is 0 Å². The number of likely N-dealkylation sites (tertiary alicyclic amines) is 1. The molecule has 7 heteroatoms. The minimum absolute atomic E-state index is 0.0327. The largest absolute Gasteiger partial charge is 0.416 e. The van der Waals surface area contributed by atoms with Gasteiger partial charge in [0, 0.05) is 18.2 Å². The zero-order chi connectivity index (χ0) is 18.2. The van der Waals surface area contributed by atoms with E-state index in [0.29, 0.717) is 18.7 Å². The van der Waals surface area contributed by atoms with Crippen molar-refractivity contribution in [3.63, 3.8) is 0 Å². The highest BCUT2D eigenvalue weighted by Gasteiger charge is 2.35. The van der Waals surface area contributed by atoms with Crippen molar-refractivity contribution in [3.05, 3.63) is 52.9 Å². The molecule has 0 saturated carbocycles. The molecule has 2 heterocycles. The van der Waals surface area contributed by atoms with E-state index in [1.54, 1.807) is 4.90 Å². The Morgan fingerprint density at radius 1 is 1.32 bits per heavy atom. The Hall–Kier alpha value is -2.31. The predicted octanol–water partition coefficient (Wildman–Crippen LogP) is 4.79. The van der Waals surface area contributed by atoms with Gasteiger partial charge in [0.1, 0.15) is 0 Å². The van der Waals surface area contributed by atoms with Gasteiger partial charge in [0.25, 0.3) is 5.91 Å². The van der Waals surface area contributed by atoms with Crippen molar-refractivity contribution in [2.75, 3.05) is 6.54 Å². The first kappa shape index (κ1) is 17.5. The van der Waals surface area contributed by atoms with Gasteiger partial charge in [-0.2, -0.15) is 13.2 Å². The number of carbonyl (C=O) groups is 1. The average molecular weight is 352 g/mol. The number of rotatable bonds is 3. The van der Waals surface area contributed by atoms with Crippen LogP contribution in [0.1, 0.15) is 66.0 Å². The minimum atomic E-state index is -4.47. The zero-order valence-corrected chi connectivity index (χ0v) is 14.0. The Labute approximate surface area is 143 Å². The Morgan fingerprint density at radius 3 is 2.72 bits per heavy atom. The second-order valence-corrected chi connectivity index (χ2v) is 6.54. The summed E-state index contributed by atoms with van der Waals surface area (Å²) in [5.74, 6) is 0.365. The smallest absolute Gasteiger partial charge is 0.359 e. The Bertz CT molecular complexity index is 768. The van der Waals surface area contributed by atoms with Crippen molar-refractivity contribution in [1.82, 2.24) is 10.1 Å². The van der Waals surface area contributed by atoms with Crippen molar-refractivity contribution in [1.29, 1.82) is 0 Å². The maximum absolute atomic E-state index is 12.9. The van der Waals surface area contributed by atoms with Crippen LogP contribution in [0.3, 0.4) is 0 Å². The third-order valence-electron chi connectivity index (χ3n) is 4.42. The lowest BCUT2D eigenvalue weighted by atomic mass is 10.1. The first-order chi connectivity index (χ1) is 11.8. The number of alkyl halides is 3. The van der Waals surface area contributed by atoms with Crippen LogP contribution in [0.25, 0.3) is 0 Å². The van der Waals surface area contributed by atoms with Crippen LogP contribution in [0, 0.1) is 0 Å². The van der Waals surface area contributed by atoms with E-state index in [-0.39, 0.29) is 17.5 Å². The van der Waals surface area contributed by atoms with E-state index >= 15 is 0 Å². The molecular weight excluding hydrogens is 333 g/mol. The molecule has 1 unspecified atom stereocenters. The SMILES string of the molecule is CC(C)c1cc(C2CCCN2C(=O)c2cccc(C(F)(F)F)c2)on1. The fraction of sp³-hybridized carbons (Fsp3) is 0.444. The molecule has 1 aliphatic rings. The van der Waals surface area contributed by atoms with E-state index in [0.717, 1.165) is 24.2 Å². The number of carbonyl (C=O) groups excluding carboxylic acids is 1. The molecule has 0 aliphatic carbocycles. The van der Waals surface area contributed by atoms with Crippen LogP contribution in [-0.2, 0) is 6.18 Å². The molecule has 1 aliphatic heterocycles. The van der Waals surface area contributed by atoms with Crippen molar-refractivity contribution in [3.8, 4) is 0 Å². The standard InChI is InChI=1S/C18H19F3N2O2/c1-11(2)14-10-16(25-22-14)15-7-4-8-23(15)17(24)12-5-3-6-13(9-12)18(19,20)21/h3,5-6,9-11,15H,4,7-8H2,1-2H3. The molecule has 1 aromatic heterocycles. The second kappa shape index (κ2) is 6.54. The van der Waals surface area contributed by atoms with E-state index in [4.69, 9.17) is 4.52 Å². The van der Waals surface area contributed by atoms with E-state index in [1.165, 1.54) is 12.1 Å². The third-order valence-corrected chi connectivity index (χ3v) is 4.42. The van der Waals surface area contributed by atoms with Gasteiger partial charge in [0.2, 0.25) is 0 Å².